The molecule has 0 saturated carbocycles. The molecule has 0 fully saturated rings. The molecule has 0 radical (unpaired) electrons. The molecule has 0 aromatic heterocycles. The zero-order valence-electron chi connectivity index (χ0n) is 12.2. The third kappa shape index (κ3) is 4.58. The molecule has 0 aliphatic carbocycles. The normalized spacial score (nSPS) is 10.0. The van der Waals surface area contributed by atoms with Crippen molar-refractivity contribution in [3.8, 4) is 5.75 Å². The van der Waals surface area contributed by atoms with Crippen molar-refractivity contribution < 1.29 is 14.5 Å². The lowest BCUT2D eigenvalue weighted by atomic mass is 10.2. The molecule has 7 nitrogen and oxygen atoms in total. The average molecular weight is 336 g/mol. The lowest BCUT2D eigenvalue weighted by Crippen LogP contribution is -2.28. The van der Waals surface area contributed by atoms with Gasteiger partial charge in [0.15, 0.2) is 0 Å². The molecule has 8 heteroatoms. The Bertz CT molecular complexity index is 719. The van der Waals surface area contributed by atoms with Crippen molar-refractivity contribution in [2.45, 2.75) is 6.54 Å². The predicted molar refractivity (Wildman–Crippen MR) is 87.0 cm³/mol. The highest BCUT2D eigenvalue weighted by molar-refractivity contribution is 6.30. The minimum atomic E-state index is -0.545. The number of anilines is 1. The van der Waals surface area contributed by atoms with Crippen LogP contribution in [0.15, 0.2) is 42.5 Å². The van der Waals surface area contributed by atoms with Crippen molar-refractivity contribution in [3.05, 3.63) is 63.2 Å². The highest BCUT2D eigenvalue weighted by Crippen LogP contribution is 2.28. The molecule has 23 heavy (non-hydrogen) atoms. The van der Waals surface area contributed by atoms with E-state index in [9.17, 15) is 14.9 Å². The second kappa shape index (κ2) is 7.46. The van der Waals surface area contributed by atoms with Gasteiger partial charge in [-0.05, 0) is 23.8 Å². The van der Waals surface area contributed by atoms with Crippen LogP contribution in [0.3, 0.4) is 0 Å². The third-order valence-corrected chi connectivity index (χ3v) is 3.26. The first-order chi connectivity index (χ1) is 11.0. The van der Waals surface area contributed by atoms with Crippen molar-refractivity contribution in [2.75, 3.05) is 12.4 Å². The van der Waals surface area contributed by atoms with Crippen LogP contribution in [0.1, 0.15) is 5.56 Å². The van der Waals surface area contributed by atoms with Crippen molar-refractivity contribution in [3.63, 3.8) is 0 Å². The van der Waals surface area contributed by atoms with Gasteiger partial charge in [0.05, 0.1) is 17.7 Å². The second-order valence-electron chi connectivity index (χ2n) is 4.58. The van der Waals surface area contributed by atoms with E-state index in [2.05, 4.69) is 10.6 Å². The predicted octanol–water partition coefficient (Wildman–Crippen LogP) is 3.58. The molecule has 2 amide bonds. The Morgan fingerprint density at radius 1 is 1.26 bits per heavy atom. The van der Waals surface area contributed by atoms with Crippen molar-refractivity contribution in [1.82, 2.24) is 5.32 Å². The third-order valence-electron chi connectivity index (χ3n) is 3.01. The molecule has 0 aliphatic rings. The number of urea groups is 1. The van der Waals surface area contributed by atoms with E-state index in [0.717, 1.165) is 5.56 Å². The number of amides is 2. The maximum atomic E-state index is 11.9. The van der Waals surface area contributed by atoms with E-state index in [1.165, 1.54) is 25.3 Å². The summed E-state index contributed by atoms with van der Waals surface area (Å²) in [4.78, 5) is 22.2. The fraction of sp³-hybridized carbons (Fsp3) is 0.133. The number of non-ortho nitro benzene ring substituents is 1. The van der Waals surface area contributed by atoms with Crippen LogP contribution in [-0.4, -0.2) is 18.1 Å². The monoisotopic (exact) mass is 335 g/mol. The molecular formula is C15H14ClN3O4. The van der Waals surface area contributed by atoms with Gasteiger partial charge in [-0.15, -0.1) is 0 Å². The first kappa shape index (κ1) is 16.6. The number of benzene rings is 2. The van der Waals surface area contributed by atoms with Gasteiger partial charge >= 0.3 is 6.03 Å². The Balaban J connectivity index is 2.02. The van der Waals surface area contributed by atoms with Gasteiger partial charge in [-0.25, -0.2) is 4.79 Å². The molecule has 120 valence electrons. The topological polar surface area (TPSA) is 93.5 Å². The van der Waals surface area contributed by atoms with Crippen LogP contribution in [0.2, 0.25) is 5.02 Å². The summed E-state index contributed by atoms with van der Waals surface area (Å²) in [7, 11) is 1.41. The molecule has 2 rings (SSSR count). The molecule has 0 aliphatic heterocycles. The number of halogens is 1. The summed E-state index contributed by atoms with van der Waals surface area (Å²) in [5.74, 6) is 0.331. The number of nitro benzene ring substituents is 1. The summed E-state index contributed by atoms with van der Waals surface area (Å²) >= 11 is 5.79. The quantitative estimate of drug-likeness (QED) is 0.645. The Kier molecular flexibility index (Phi) is 5.37. The zero-order chi connectivity index (χ0) is 16.8. The van der Waals surface area contributed by atoms with Crippen molar-refractivity contribution in [1.29, 1.82) is 0 Å². The van der Waals surface area contributed by atoms with Gasteiger partial charge in [-0.1, -0.05) is 23.7 Å². The van der Waals surface area contributed by atoms with Crippen LogP contribution in [-0.2, 0) is 6.54 Å². The largest absolute Gasteiger partial charge is 0.495 e. The van der Waals surface area contributed by atoms with Crippen LogP contribution in [0.4, 0.5) is 16.2 Å². The Labute approximate surface area is 137 Å². The number of ether oxygens (including phenoxy) is 1. The first-order valence-corrected chi connectivity index (χ1v) is 6.99. The zero-order valence-corrected chi connectivity index (χ0v) is 13.0. The second-order valence-corrected chi connectivity index (χ2v) is 5.01. The minimum Gasteiger partial charge on any atom is -0.495 e. The van der Waals surface area contributed by atoms with Gasteiger partial charge in [-0.2, -0.15) is 0 Å². The lowest BCUT2D eigenvalue weighted by Gasteiger charge is -2.11. The van der Waals surface area contributed by atoms with Crippen LogP contribution in [0.5, 0.6) is 5.75 Å². The molecule has 0 bridgehead atoms. The van der Waals surface area contributed by atoms with Gasteiger partial charge in [0.25, 0.3) is 5.69 Å². The van der Waals surface area contributed by atoms with Gasteiger partial charge < -0.3 is 15.4 Å². The number of nitro groups is 1. The van der Waals surface area contributed by atoms with E-state index < -0.39 is 11.0 Å². The number of hydrogen-bond acceptors (Lipinski definition) is 4. The maximum Gasteiger partial charge on any atom is 0.319 e. The summed E-state index contributed by atoms with van der Waals surface area (Å²) in [6.07, 6.45) is 0. The number of rotatable bonds is 5. The number of nitrogens with zero attached hydrogens (tertiary/aromatic N) is 1. The highest BCUT2D eigenvalue weighted by atomic mass is 35.5. The van der Waals surface area contributed by atoms with Crippen molar-refractivity contribution in [2.24, 2.45) is 0 Å². The van der Waals surface area contributed by atoms with Gasteiger partial charge in [0, 0.05) is 23.7 Å². The number of methoxy groups -OCH3 is 1. The van der Waals surface area contributed by atoms with E-state index in [4.69, 9.17) is 16.3 Å². The summed E-state index contributed by atoms with van der Waals surface area (Å²) in [5, 5.41) is 16.6. The van der Waals surface area contributed by atoms with Crippen LogP contribution >= 0.6 is 11.6 Å². The molecule has 2 aromatic rings. The molecule has 2 N–H and O–H groups in total. The maximum absolute atomic E-state index is 11.9. The van der Waals surface area contributed by atoms with Gasteiger partial charge in [-0.3, -0.25) is 10.1 Å². The van der Waals surface area contributed by atoms with E-state index >= 15 is 0 Å². The van der Waals surface area contributed by atoms with Crippen LogP contribution in [0, 0.1) is 10.1 Å². The summed E-state index contributed by atoms with van der Waals surface area (Å²) in [6.45, 7) is 0.292. The number of hydrogen-bond donors (Lipinski definition) is 2. The summed E-state index contributed by atoms with van der Waals surface area (Å²) in [5.41, 5.74) is 0.949. The fourth-order valence-electron chi connectivity index (χ4n) is 1.86. The average Bonchev–Trinajstić information content (AvgIpc) is 2.54. The van der Waals surface area contributed by atoms with E-state index in [1.807, 2.05) is 0 Å². The Morgan fingerprint density at radius 2 is 1.96 bits per heavy atom. The van der Waals surface area contributed by atoms with Crippen LogP contribution in [0.25, 0.3) is 0 Å². The molecule has 0 heterocycles. The number of nitrogens with one attached hydrogen (secondary N) is 2. The summed E-state index contributed by atoms with van der Waals surface area (Å²) in [6, 6.07) is 10.5. The molecule has 0 spiro atoms. The Hall–Kier alpha value is -2.80. The van der Waals surface area contributed by atoms with E-state index in [1.54, 1.807) is 24.3 Å². The number of carbonyl (C=O) groups excluding carboxylic acids is 1. The van der Waals surface area contributed by atoms with Gasteiger partial charge in [0.1, 0.15) is 5.75 Å². The fourth-order valence-corrected chi connectivity index (χ4v) is 1.98. The summed E-state index contributed by atoms with van der Waals surface area (Å²) < 4.78 is 5.08. The minimum absolute atomic E-state index is 0.140. The van der Waals surface area contributed by atoms with Crippen LogP contribution < -0.4 is 15.4 Å². The first-order valence-electron chi connectivity index (χ1n) is 6.61. The van der Waals surface area contributed by atoms with Gasteiger partial charge in [0.2, 0.25) is 0 Å². The van der Waals surface area contributed by atoms with E-state index in [0.29, 0.717) is 17.3 Å². The van der Waals surface area contributed by atoms with E-state index in [-0.39, 0.29) is 11.4 Å². The molecule has 0 saturated heterocycles. The standard InChI is InChI=1S/C15H14ClN3O4/c1-23-14-7-6-12(19(21)22)8-13(14)18-15(20)17-9-10-2-4-11(16)5-3-10/h2-8H,9H2,1H3,(H2,17,18,20). The smallest absolute Gasteiger partial charge is 0.319 e. The number of carbonyl (C=O) groups is 1. The Morgan fingerprint density at radius 3 is 2.57 bits per heavy atom. The highest BCUT2D eigenvalue weighted by Gasteiger charge is 2.13. The molecular weight excluding hydrogens is 322 g/mol. The molecule has 0 unspecified atom stereocenters. The molecule has 0 atom stereocenters. The lowest BCUT2D eigenvalue weighted by molar-refractivity contribution is -0.384. The molecule has 2 aromatic carbocycles. The SMILES string of the molecule is COc1ccc([N+](=O)[O-])cc1NC(=O)NCc1ccc(Cl)cc1. The van der Waals surface area contributed by atoms with Crippen molar-refractivity contribution >= 4 is 29.0 Å².